The van der Waals surface area contributed by atoms with Crippen molar-refractivity contribution in [2.75, 3.05) is 12.8 Å². The predicted molar refractivity (Wildman–Crippen MR) is 69.7 cm³/mol. The second-order valence-electron chi connectivity index (χ2n) is 3.76. The van der Waals surface area contributed by atoms with E-state index in [0.717, 1.165) is 12.1 Å². The van der Waals surface area contributed by atoms with Gasteiger partial charge in [0.1, 0.15) is 10.7 Å². The lowest BCUT2D eigenvalue weighted by atomic mass is 10.3. The highest BCUT2D eigenvalue weighted by atomic mass is 35.5. The summed E-state index contributed by atoms with van der Waals surface area (Å²) >= 11 is 5.67. The Morgan fingerprint density at radius 1 is 1.47 bits per heavy atom. The maximum atomic E-state index is 13.1. The van der Waals surface area contributed by atoms with E-state index in [1.165, 1.54) is 14.0 Å². The van der Waals surface area contributed by atoms with Crippen molar-refractivity contribution in [1.29, 1.82) is 0 Å². The van der Waals surface area contributed by atoms with Crippen molar-refractivity contribution in [3.63, 3.8) is 0 Å². The Labute approximate surface area is 115 Å². The number of hydrogen-bond acceptors (Lipinski definition) is 4. The molecular weight excluding hydrogens is 297 g/mol. The van der Waals surface area contributed by atoms with E-state index in [-0.39, 0.29) is 15.6 Å². The molecule has 4 N–H and O–H groups in total. The molecular formula is C10H13ClFN3O3S. The smallest absolute Gasteiger partial charge is 0.242 e. The minimum atomic E-state index is -4.07. The van der Waals surface area contributed by atoms with E-state index in [1.807, 2.05) is 0 Å². The molecule has 1 atom stereocenters. The monoisotopic (exact) mass is 309 g/mol. The topological polar surface area (TPSA) is 101 Å². The molecule has 0 aliphatic heterocycles. The van der Waals surface area contributed by atoms with Gasteiger partial charge in [-0.1, -0.05) is 11.6 Å². The van der Waals surface area contributed by atoms with Crippen molar-refractivity contribution < 1.29 is 17.6 Å². The SMILES string of the molecule is CNC(=O)C(C)NS(=O)(=O)c1cc(N)c(F)cc1Cl. The third-order valence-corrected chi connectivity index (χ3v) is 4.32. The van der Waals surface area contributed by atoms with Crippen LogP contribution in [0.3, 0.4) is 0 Å². The van der Waals surface area contributed by atoms with Gasteiger partial charge in [-0.25, -0.2) is 12.8 Å². The lowest BCUT2D eigenvalue weighted by molar-refractivity contribution is -0.121. The molecule has 0 aromatic heterocycles. The molecule has 0 aliphatic carbocycles. The minimum absolute atomic E-state index is 0.316. The van der Waals surface area contributed by atoms with Gasteiger partial charge in [-0.15, -0.1) is 0 Å². The number of amides is 1. The number of nitrogens with two attached hydrogens (primary N) is 1. The second-order valence-corrected chi connectivity index (χ2v) is 5.85. The van der Waals surface area contributed by atoms with Gasteiger partial charge in [0.2, 0.25) is 15.9 Å². The molecule has 0 aliphatic rings. The molecule has 1 rings (SSSR count). The minimum Gasteiger partial charge on any atom is -0.396 e. The molecule has 0 saturated heterocycles. The second kappa shape index (κ2) is 5.72. The van der Waals surface area contributed by atoms with E-state index < -0.39 is 27.8 Å². The molecule has 0 bridgehead atoms. The van der Waals surface area contributed by atoms with Gasteiger partial charge >= 0.3 is 0 Å². The van der Waals surface area contributed by atoms with Gasteiger partial charge in [-0.3, -0.25) is 4.79 Å². The quantitative estimate of drug-likeness (QED) is 0.704. The van der Waals surface area contributed by atoms with Crippen molar-refractivity contribution in [1.82, 2.24) is 10.0 Å². The van der Waals surface area contributed by atoms with Crippen molar-refractivity contribution in [2.24, 2.45) is 0 Å². The van der Waals surface area contributed by atoms with Crippen LogP contribution >= 0.6 is 11.6 Å². The number of nitrogens with one attached hydrogen (secondary N) is 2. The van der Waals surface area contributed by atoms with Crippen LogP contribution in [-0.4, -0.2) is 27.4 Å². The molecule has 0 radical (unpaired) electrons. The Morgan fingerprint density at radius 3 is 2.58 bits per heavy atom. The Bertz CT molecular complexity index is 606. The summed E-state index contributed by atoms with van der Waals surface area (Å²) < 4.78 is 39.2. The van der Waals surface area contributed by atoms with Crippen LogP contribution in [0.4, 0.5) is 10.1 Å². The summed E-state index contributed by atoms with van der Waals surface area (Å²) in [6.45, 7) is 1.36. The first kappa shape index (κ1) is 15.7. The standard InChI is InChI=1S/C10H13ClFN3O3S/c1-5(10(16)14-2)15-19(17,18)9-4-8(13)7(12)3-6(9)11/h3-5,15H,13H2,1-2H3,(H,14,16). The van der Waals surface area contributed by atoms with Gasteiger partial charge in [0.05, 0.1) is 16.8 Å². The number of rotatable bonds is 4. The van der Waals surface area contributed by atoms with Crippen molar-refractivity contribution in [3.8, 4) is 0 Å². The van der Waals surface area contributed by atoms with Crippen molar-refractivity contribution in [2.45, 2.75) is 17.9 Å². The average molecular weight is 310 g/mol. The molecule has 1 aromatic rings. The fourth-order valence-electron chi connectivity index (χ4n) is 1.32. The molecule has 0 spiro atoms. The number of sulfonamides is 1. The number of carbonyl (C=O) groups excluding carboxylic acids is 1. The summed E-state index contributed by atoms with van der Waals surface area (Å²) in [5.74, 6) is -1.34. The number of hydrogen-bond donors (Lipinski definition) is 3. The number of carbonyl (C=O) groups is 1. The van der Waals surface area contributed by atoms with Crippen LogP contribution in [0.15, 0.2) is 17.0 Å². The molecule has 0 heterocycles. The lowest BCUT2D eigenvalue weighted by Gasteiger charge is -2.14. The molecule has 0 saturated carbocycles. The third kappa shape index (κ3) is 3.55. The molecule has 9 heteroatoms. The maximum Gasteiger partial charge on any atom is 0.242 e. The zero-order valence-electron chi connectivity index (χ0n) is 10.2. The van der Waals surface area contributed by atoms with Gasteiger partial charge in [0.15, 0.2) is 0 Å². The van der Waals surface area contributed by atoms with Gasteiger partial charge in [-0.05, 0) is 19.1 Å². The molecule has 1 unspecified atom stereocenters. The summed E-state index contributed by atoms with van der Waals surface area (Å²) in [4.78, 5) is 10.9. The molecule has 6 nitrogen and oxygen atoms in total. The number of benzene rings is 1. The van der Waals surface area contributed by atoms with E-state index in [2.05, 4.69) is 10.0 Å². The Hall–Kier alpha value is -1.38. The van der Waals surface area contributed by atoms with Gasteiger partial charge in [0.25, 0.3) is 0 Å². The fourth-order valence-corrected chi connectivity index (χ4v) is 3.07. The van der Waals surface area contributed by atoms with Crippen LogP contribution in [0.5, 0.6) is 0 Å². The highest BCUT2D eigenvalue weighted by Gasteiger charge is 2.24. The number of halogens is 2. The zero-order chi connectivity index (χ0) is 14.8. The first-order valence-electron chi connectivity index (χ1n) is 5.17. The van der Waals surface area contributed by atoms with E-state index in [1.54, 1.807) is 0 Å². The van der Waals surface area contributed by atoms with Gasteiger partial charge < -0.3 is 11.1 Å². The van der Waals surface area contributed by atoms with Gasteiger partial charge in [0, 0.05) is 7.05 Å². The van der Waals surface area contributed by atoms with Crippen molar-refractivity contribution >= 4 is 33.2 Å². The number of anilines is 1. The van der Waals surface area contributed by atoms with Crippen LogP contribution < -0.4 is 15.8 Å². The normalized spacial score (nSPS) is 13.1. The predicted octanol–water partition coefficient (Wildman–Crippen LogP) is 0.474. The summed E-state index contributed by atoms with van der Waals surface area (Å²) in [6.07, 6.45) is 0. The summed E-state index contributed by atoms with van der Waals surface area (Å²) in [6, 6.07) is 0.699. The number of likely N-dealkylation sites (N-methyl/N-ethyl adjacent to an activating group) is 1. The fraction of sp³-hybridized carbons (Fsp3) is 0.300. The molecule has 0 fully saturated rings. The average Bonchev–Trinajstić information content (AvgIpc) is 2.31. The highest BCUT2D eigenvalue weighted by Crippen LogP contribution is 2.26. The van der Waals surface area contributed by atoms with Crippen LogP contribution in [0, 0.1) is 5.82 Å². The summed E-state index contributed by atoms with van der Waals surface area (Å²) in [5.41, 5.74) is 4.95. The zero-order valence-corrected chi connectivity index (χ0v) is 11.8. The van der Waals surface area contributed by atoms with Crippen LogP contribution in [0.2, 0.25) is 5.02 Å². The third-order valence-electron chi connectivity index (χ3n) is 2.31. The first-order valence-corrected chi connectivity index (χ1v) is 7.03. The first-order chi connectivity index (χ1) is 8.69. The van der Waals surface area contributed by atoms with E-state index in [0.29, 0.717) is 0 Å². The molecule has 1 amide bonds. The highest BCUT2D eigenvalue weighted by molar-refractivity contribution is 7.89. The van der Waals surface area contributed by atoms with Crippen LogP contribution in [0.1, 0.15) is 6.92 Å². The summed E-state index contributed by atoms with van der Waals surface area (Å²) in [5, 5.41) is 1.97. The van der Waals surface area contributed by atoms with Crippen molar-refractivity contribution in [3.05, 3.63) is 23.0 Å². The Morgan fingerprint density at radius 2 is 2.05 bits per heavy atom. The largest absolute Gasteiger partial charge is 0.396 e. The Balaban J connectivity index is 3.14. The number of nitrogen functional groups attached to an aromatic ring is 1. The van der Waals surface area contributed by atoms with E-state index >= 15 is 0 Å². The summed E-state index contributed by atoms with van der Waals surface area (Å²) in [7, 11) is -2.70. The molecule has 19 heavy (non-hydrogen) atoms. The maximum absolute atomic E-state index is 13.1. The van der Waals surface area contributed by atoms with Crippen LogP contribution in [0.25, 0.3) is 0 Å². The molecule has 1 aromatic carbocycles. The van der Waals surface area contributed by atoms with E-state index in [4.69, 9.17) is 17.3 Å². The van der Waals surface area contributed by atoms with Crippen LogP contribution in [-0.2, 0) is 14.8 Å². The Kier molecular flexibility index (Phi) is 4.72. The lowest BCUT2D eigenvalue weighted by Crippen LogP contribution is -2.43. The van der Waals surface area contributed by atoms with Gasteiger partial charge in [-0.2, -0.15) is 4.72 Å². The molecule has 106 valence electrons. The van der Waals surface area contributed by atoms with E-state index in [9.17, 15) is 17.6 Å².